The summed E-state index contributed by atoms with van der Waals surface area (Å²) < 4.78 is 4.99. The van der Waals surface area contributed by atoms with Gasteiger partial charge in [-0.05, 0) is 6.07 Å². The maximum absolute atomic E-state index is 11.0. The molecule has 0 unspecified atom stereocenters. The molecule has 102 valence electrons. The molecule has 7 nitrogen and oxygen atoms in total. The molecule has 1 saturated heterocycles. The van der Waals surface area contributed by atoms with Crippen LogP contribution in [-0.4, -0.2) is 42.0 Å². The summed E-state index contributed by atoms with van der Waals surface area (Å²) in [6.07, 6.45) is 0. The van der Waals surface area contributed by atoms with Crippen LogP contribution in [0.4, 0.5) is 11.4 Å². The van der Waals surface area contributed by atoms with Gasteiger partial charge in [0.15, 0.2) is 5.75 Å². The van der Waals surface area contributed by atoms with Gasteiger partial charge in [0, 0.05) is 37.8 Å². The Bertz CT molecular complexity index is 512. The van der Waals surface area contributed by atoms with E-state index in [-0.39, 0.29) is 23.4 Å². The van der Waals surface area contributed by atoms with E-state index < -0.39 is 4.92 Å². The van der Waals surface area contributed by atoms with Crippen molar-refractivity contribution in [2.24, 2.45) is 0 Å². The minimum atomic E-state index is -0.483. The lowest BCUT2D eigenvalue weighted by Crippen LogP contribution is -2.56. The molecule has 1 aliphatic rings. The predicted octanol–water partition coefficient (Wildman–Crippen LogP) is 1.25. The van der Waals surface area contributed by atoms with E-state index in [0.29, 0.717) is 13.1 Å². The molecule has 1 aliphatic heterocycles. The molecule has 0 atom stereocenters. The molecule has 0 bridgehead atoms. The number of nitrogens with one attached hydrogen (secondary N) is 1. The highest BCUT2D eigenvalue weighted by Crippen LogP contribution is 2.30. The molecule has 1 aromatic rings. The Morgan fingerprint density at radius 1 is 1.53 bits per heavy atom. The minimum absolute atomic E-state index is 0.0549. The number of hydrogen-bond donors (Lipinski definition) is 1. The second-order valence-corrected chi connectivity index (χ2v) is 4.41. The number of likely N-dealkylation sites (tertiary alicyclic amines) is 1. The maximum atomic E-state index is 11.0. The number of benzene rings is 1. The van der Waals surface area contributed by atoms with Crippen LogP contribution in [0.3, 0.4) is 0 Å². The Labute approximate surface area is 110 Å². The van der Waals surface area contributed by atoms with Crippen LogP contribution in [0.1, 0.15) is 6.92 Å². The summed E-state index contributed by atoms with van der Waals surface area (Å²) in [6, 6.07) is 4.81. The zero-order valence-electron chi connectivity index (χ0n) is 10.8. The van der Waals surface area contributed by atoms with E-state index in [2.05, 4.69) is 5.32 Å². The van der Waals surface area contributed by atoms with Crippen LogP contribution >= 0.6 is 0 Å². The Hall–Kier alpha value is -2.31. The summed E-state index contributed by atoms with van der Waals surface area (Å²) in [6.45, 7) is 2.83. The highest BCUT2D eigenvalue weighted by Gasteiger charge is 2.28. The van der Waals surface area contributed by atoms with Crippen molar-refractivity contribution in [1.29, 1.82) is 0 Å². The van der Waals surface area contributed by atoms with Gasteiger partial charge in [-0.2, -0.15) is 0 Å². The number of nitro groups is 1. The van der Waals surface area contributed by atoms with E-state index >= 15 is 0 Å². The zero-order chi connectivity index (χ0) is 14.0. The molecule has 19 heavy (non-hydrogen) atoms. The van der Waals surface area contributed by atoms with Crippen LogP contribution in [-0.2, 0) is 4.79 Å². The molecule has 0 aliphatic carbocycles. The smallest absolute Gasteiger partial charge is 0.311 e. The molecular formula is C12H15N3O4. The van der Waals surface area contributed by atoms with Crippen molar-refractivity contribution in [3.63, 3.8) is 0 Å². The van der Waals surface area contributed by atoms with Crippen molar-refractivity contribution >= 4 is 17.3 Å². The molecule has 1 heterocycles. The van der Waals surface area contributed by atoms with Gasteiger partial charge in [-0.25, -0.2) is 0 Å². The lowest BCUT2D eigenvalue weighted by Gasteiger charge is -2.39. The molecular weight excluding hydrogens is 250 g/mol. The number of methoxy groups -OCH3 is 1. The molecule has 2 rings (SSSR count). The maximum Gasteiger partial charge on any atom is 0.311 e. The van der Waals surface area contributed by atoms with Crippen LogP contribution < -0.4 is 10.1 Å². The molecule has 0 aromatic heterocycles. The van der Waals surface area contributed by atoms with E-state index in [9.17, 15) is 14.9 Å². The SMILES string of the molecule is COc1cc(NC2CN(C(C)=O)C2)ccc1[N+](=O)[O-]. The summed E-state index contributed by atoms with van der Waals surface area (Å²) in [5.74, 6) is 0.275. The Morgan fingerprint density at radius 2 is 2.21 bits per heavy atom. The van der Waals surface area contributed by atoms with Crippen LogP contribution in [0.15, 0.2) is 18.2 Å². The summed E-state index contributed by atoms with van der Waals surface area (Å²) in [7, 11) is 1.40. The lowest BCUT2D eigenvalue weighted by molar-refractivity contribution is -0.385. The first-order valence-corrected chi connectivity index (χ1v) is 5.85. The van der Waals surface area contributed by atoms with E-state index in [1.807, 2.05) is 0 Å². The number of ether oxygens (including phenoxy) is 1. The molecule has 1 amide bonds. The first-order chi connectivity index (χ1) is 9.01. The lowest BCUT2D eigenvalue weighted by atomic mass is 10.1. The van der Waals surface area contributed by atoms with E-state index in [4.69, 9.17) is 4.74 Å². The highest BCUT2D eigenvalue weighted by molar-refractivity contribution is 5.74. The van der Waals surface area contributed by atoms with Gasteiger partial charge in [0.05, 0.1) is 18.1 Å². The van der Waals surface area contributed by atoms with Gasteiger partial charge in [-0.3, -0.25) is 14.9 Å². The van der Waals surface area contributed by atoms with Gasteiger partial charge in [0.2, 0.25) is 5.91 Å². The molecule has 0 saturated carbocycles. The molecule has 1 fully saturated rings. The fourth-order valence-corrected chi connectivity index (χ4v) is 1.98. The summed E-state index contributed by atoms with van der Waals surface area (Å²) in [4.78, 5) is 23.0. The Balaban J connectivity index is 2.03. The monoisotopic (exact) mass is 265 g/mol. The van der Waals surface area contributed by atoms with Crippen molar-refractivity contribution in [2.75, 3.05) is 25.5 Å². The van der Waals surface area contributed by atoms with Gasteiger partial charge in [0.1, 0.15) is 0 Å². The third kappa shape index (κ3) is 2.75. The fourth-order valence-electron chi connectivity index (χ4n) is 1.98. The topological polar surface area (TPSA) is 84.7 Å². The molecule has 0 radical (unpaired) electrons. The van der Waals surface area contributed by atoms with Crippen LogP contribution in [0.5, 0.6) is 5.75 Å². The Morgan fingerprint density at radius 3 is 2.74 bits per heavy atom. The average Bonchev–Trinajstić information content (AvgIpc) is 2.32. The van der Waals surface area contributed by atoms with Crippen molar-refractivity contribution in [1.82, 2.24) is 4.90 Å². The number of hydrogen-bond acceptors (Lipinski definition) is 5. The van der Waals surface area contributed by atoms with Crippen LogP contribution in [0, 0.1) is 10.1 Å². The van der Waals surface area contributed by atoms with Gasteiger partial charge >= 0.3 is 5.69 Å². The standard InChI is InChI=1S/C12H15N3O4/c1-8(16)14-6-10(7-14)13-9-3-4-11(15(17)18)12(5-9)19-2/h3-5,10,13H,6-7H2,1-2H3. The number of amides is 1. The number of nitrogens with zero attached hydrogens (tertiary/aromatic N) is 2. The molecule has 7 heteroatoms. The summed E-state index contributed by atoms with van der Waals surface area (Å²) >= 11 is 0. The van der Waals surface area contributed by atoms with E-state index in [0.717, 1.165) is 5.69 Å². The zero-order valence-corrected chi connectivity index (χ0v) is 10.8. The highest BCUT2D eigenvalue weighted by atomic mass is 16.6. The number of nitro benzene ring substituents is 1. The average molecular weight is 265 g/mol. The van der Waals surface area contributed by atoms with Crippen molar-refractivity contribution in [3.8, 4) is 5.75 Å². The van der Waals surface area contributed by atoms with Gasteiger partial charge in [0.25, 0.3) is 0 Å². The van der Waals surface area contributed by atoms with Crippen molar-refractivity contribution < 1.29 is 14.5 Å². The van der Waals surface area contributed by atoms with Crippen LogP contribution in [0.25, 0.3) is 0 Å². The Kier molecular flexibility index (Phi) is 3.55. The normalized spacial score (nSPS) is 14.7. The van der Waals surface area contributed by atoms with Gasteiger partial charge in [-0.15, -0.1) is 0 Å². The van der Waals surface area contributed by atoms with E-state index in [1.165, 1.54) is 20.1 Å². The summed E-state index contributed by atoms with van der Waals surface area (Å²) in [5.41, 5.74) is 0.683. The first-order valence-electron chi connectivity index (χ1n) is 5.85. The largest absolute Gasteiger partial charge is 0.490 e. The van der Waals surface area contributed by atoms with Gasteiger partial charge < -0.3 is 15.0 Å². The van der Waals surface area contributed by atoms with Crippen LogP contribution in [0.2, 0.25) is 0 Å². The third-order valence-corrected chi connectivity index (χ3v) is 3.07. The summed E-state index contributed by atoms with van der Waals surface area (Å²) in [5, 5.41) is 14.0. The molecule has 0 spiro atoms. The third-order valence-electron chi connectivity index (χ3n) is 3.07. The quantitative estimate of drug-likeness (QED) is 0.654. The first kappa shape index (κ1) is 13.1. The van der Waals surface area contributed by atoms with Gasteiger partial charge in [-0.1, -0.05) is 0 Å². The second-order valence-electron chi connectivity index (χ2n) is 4.41. The molecule has 1 aromatic carbocycles. The number of anilines is 1. The van der Waals surface area contributed by atoms with Crippen molar-refractivity contribution in [3.05, 3.63) is 28.3 Å². The van der Waals surface area contributed by atoms with E-state index in [1.54, 1.807) is 17.0 Å². The predicted molar refractivity (Wildman–Crippen MR) is 69.3 cm³/mol. The molecule has 1 N–H and O–H groups in total. The van der Waals surface area contributed by atoms with Crippen molar-refractivity contribution in [2.45, 2.75) is 13.0 Å². The number of rotatable bonds is 4. The number of carbonyl (C=O) groups excluding carboxylic acids is 1. The second kappa shape index (κ2) is 5.13. The number of carbonyl (C=O) groups is 1. The minimum Gasteiger partial charge on any atom is -0.490 e. The fraction of sp³-hybridized carbons (Fsp3) is 0.417.